The Kier molecular flexibility index (Phi) is 10.0. The van der Waals surface area contributed by atoms with Crippen LogP contribution in [0.4, 0.5) is 0 Å². The highest BCUT2D eigenvalue weighted by Gasteiger charge is 2.29. The van der Waals surface area contributed by atoms with Gasteiger partial charge in [0, 0.05) is 0 Å². The summed E-state index contributed by atoms with van der Waals surface area (Å²) in [7, 11) is 0. The van der Waals surface area contributed by atoms with Gasteiger partial charge >= 0.3 is 5.97 Å². The molecular formula is C30H39NO2. The molecule has 1 aliphatic rings. The molecule has 3 heteroatoms. The predicted molar refractivity (Wildman–Crippen MR) is 134 cm³/mol. The molecule has 1 fully saturated rings. The van der Waals surface area contributed by atoms with Gasteiger partial charge < -0.3 is 4.74 Å². The zero-order valence-electron chi connectivity index (χ0n) is 20.4. The lowest BCUT2D eigenvalue weighted by atomic mass is 9.78. The van der Waals surface area contributed by atoms with Crippen LogP contribution in [0.3, 0.4) is 0 Å². The van der Waals surface area contributed by atoms with Gasteiger partial charge in [0.2, 0.25) is 0 Å². The normalized spacial score (nSPS) is 18.0. The van der Waals surface area contributed by atoms with Crippen molar-refractivity contribution in [2.24, 2.45) is 5.92 Å². The molecule has 0 aliphatic heterocycles. The molecule has 0 unspecified atom stereocenters. The third kappa shape index (κ3) is 7.46. The monoisotopic (exact) mass is 445 g/mol. The molecule has 2 aromatic rings. The standard InChI is InChI=1S/C30H39NO2/c1-3-5-6-7-8-9-10-24-11-14-25(15-12-24)26-16-18-27(19-17-26)30(32)33-29-20-13-23(4-2)21-28(29)22-31/h11-15,20-21,26-27H,3-10,16-19H2,1-2H3. The lowest BCUT2D eigenvalue weighted by Gasteiger charge is -2.27. The third-order valence-electron chi connectivity index (χ3n) is 7.11. The van der Waals surface area contributed by atoms with Gasteiger partial charge in [-0.2, -0.15) is 5.26 Å². The largest absolute Gasteiger partial charge is 0.425 e. The van der Waals surface area contributed by atoms with E-state index in [1.165, 1.54) is 56.1 Å². The van der Waals surface area contributed by atoms with Crippen molar-refractivity contribution in [2.75, 3.05) is 0 Å². The maximum Gasteiger partial charge on any atom is 0.314 e. The van der Waals surface area contributed by atoms with E-state index in [9.17, 15) is 10.1 Å². The minimum Gasteiger partial charge on any atom is -0.425 e. The van der Waals surface area contributed by atoms with Gasteiger partial charge in [-0.25, -0.2) is 0 Å². The first kappa shape index (κ1) is 25.0. The Hall–Kier alpha value is -2.60. The van der Waals surface area contributed by atoms with Crippen molar-refractivity contribution in [3.63, 3.8) is 0 Å². The summed E-state index contributed by atoms with van der Waals surface area (Å²) in [4.78, 5) is 12.7. The number of nitriles is 1. The fraction of sp³-hybridized carbons (Fsp3) is 0.533. The molecule has 3 rings (SSSR count). The number of nitrogens with zero attached hydrogens (tertiary/aromatic N) is 1. The first-order valence-corrected chi connectivity index (χ1v) is 13.0. The highest BCUT2D eigenvalue weighted by molar-refractivity contribution is 5.76. The molecule has 1 saturated carbocycles. The van der Waals surface area contributed by atoms with Gasteiger partial charge in [-0.1, -0.05) is 76.3 Å². The summed E-state index contributed by atoms with van der Waals surface area (Å²) in [5.41, 5.74) is 4.35. The van der Waals surface area contributed by atoms with E-state index in [4.69, 9.17) is 4.74 Å². The zero-order valence-corrected chi connectivity index (χ0v) is 20.4. The van der Waals surface area contributed by atoms with Crippen molar-refractivity contribution in [1.29, 1.82) is 5.26 Å². The molecule has 176 valence electrons. The fourth-order valence-electron chi connectivity index (χ4n) is 4.89. The van der Waals surface area contributed by atoms with Gasteiger partial charge in [-0.15, -0.1) is 0 Å². The van der Waals surface area contributed by atoms with Crippen LogP contribution in [-0.4, -0.2) is 5.97 Å². The average Bonchev–Trinajstić information content (AvgIpc) is 2.86. The SMILES string of the molecule is CCCCCCCCc1ccc(C2CCC(C(=O)Oc3ccc(CC)cc3C#N)CC2)cc1. The van der Waals surface area contributed by atoms with Crippen LogP contribution >= 0.6 is 0 Å². The summed E-state index contributed by atoms with van der Waals surface area (Å²) in [6.45, 7) is 4.31. The van der Waals surface area contributed by atoms with E-state index in [1.54, 1.807) is 6.07 Å². The van der Waals surface area contributed by atoms with Crippen LogP contribution in [-0.2, 0) is 17.6 Å². The molecule has 33 heavy (non-hydrogen) atoms. The second-order valence-corrected chi connectivity index (χ2v) is 9.52. The van der Waals surface area contributed by atoms with E-state index in [0.29, 0.717) is 17.2 Å². The molecule has 0 atom stereocenters. The second kappa shape index (κ2) is 13.2. The summed E-state index contributed by atoms with van der Waals surface area (Å²) in [6.07, 6.45) is 13.8. The lowest BCUT2D eigenvalue weighted by molar-refractivity contribution is -0.140. The second-order valence-electron chi connectivity index (χ2n) is 9.52. The molecule has 0 N–H and O–H groups in total. The van der Waals surface area contributed by atoms with Crippen molar-refractivity contribution >= 4 is 5.97 Å². The predicted octanol–water partition coefficient (Wildman–Crippen LogP) is 7.90. The summed E-state index contributed by atoms with van der Waals surface area (Å²) < 4.78 is 5.64. The topological polar surface area (TPSA) is 50.1 Å². The Morgan fingerprint density at radius 2 is 1.58 bits per heavy atom. The number of benzene rings is 2. The highest BCUT2D eigenvalue weighted by atomic mass is 16.5. The van der Waals surface area contributed by atoms with Crippen LogP contribution in [0.2, 0.25) is 0 Å². The number of aryl methyl sites for hydroxylation is 2. The molecule has 0 bridgehead atoms. The van der Waals surface area contributed by atoms with E-state index in [2.05, 4.69) is 37.3 Å². The van der Waals surface area contributed by atoms with Crippen LogP contribution in [0.5, 0.6) is 5.75 Å². The van der Waals surface area contributed by atoms with E-state index in [1.807, 2.05) is 19.1 Å². The Morgan fingerprint density at radius 1 is 0.909 bits per heavy atom. The third-order valence-corrected chi connectivity index (χ3v) is 7.11. The summed E-state index contributed by atoms with van der Waals surface area (Å²) in [5, 5.41) is 9.39. The van der Waals surface area contributed by atoms with Crippen molar-refractivity contribution in [1.82, 2.24) is 0 Å². The van der Waals surface area contributed by atoms with Crippen molar-refractivity contribution in [3.05, 3.63) is 64.7 Å². The lowest BCUT2D eigenvalue weighted by Crippen LogP contribution is -2.25. The number of rotatable bonds is 11. The van der Waals surface area contributed by atoms with E-state index in [0.717, 1.165) is 37.7 Å². The average molecular weight is 446 g/mol. The Morgan fingerprint density at radius 3 is 2.24 bits per heavy atom. The quantitative estimate of drug-likeness (QED) is 0.201. The first-order chi connectivity index (χ1) is 16.1. The van der Waals surface area contributed by atoms with E-state index < -0.39 is 0 Å². The molecule has 0 heterocycles. The summed E-state index contributed by atoms with van der Waals surface area (Å²) in [5.74, 6) is 0.646. The first-order valence-electron chi connectivity index (χ1n) is 13.0. The van der Waals surface area contributed by atoms with Crippen LogP contribution < -0.4 is 4.74 Å². The molecule has 2 aromatic carbocycles. The van der Waals surface area contributed by atoms with Crippen LogP contribution in [0.25, 0.3) is 0 Å². The number of esters is 1. The van der Waals surface area contributed by atoms with Crippen molar-refractivity contribution in [2.45, 2.75) is 96.8 Å². The maximum atomic E-state index is 12.7. The molecule has 1 aliphatic carbocycles. The number of unbranched alkanes of at least 4 members (excludes halogenated alkanes) is 5. The van der Waals surface area contributed by atoms with Gasteiger partial charge in [-0.3, -0.25) is 4.79 Å². The molecule has 0 amide bonds. The van der Waals surface area contributed by atoms with Gasteiger partial charge in [0.15, 0.2) is 0 Å². The Bertz CT molecular complexity index is 917. The Balaban J connectivity index is 1.45. The Labute approximate surface area is 200 Å². The number of hydrogen-bond donors (Lipinski definition) is 0. The van der Waals surface area contributed by atoms with E-state index in [-0.39, 0.29) is 11.9 Å². The summed E-state index contributed by atoms with van der Waals surface area (Å²) >= 11 is 0. The minimum atomic E-state index is -0.191. The molecule has 0 radical (unpaired) electrons. The van der Waals surface area contributed by atoms with Gasteiger partial charge in [0.05, 0.1) is 11.5 Å². The number of carbonyl (C=O) groups excluding carboxylic acids is 1. The molecular weight excluding hydrogens is 406 g/mol. The van der Waals surface area contributed by atoms with Gasteiger partial charge in [0.1, 0.15) is 11.8 Å². The zero-order chi connectivity index (χ0) is 23.5. The molecule has 0 aromatic heterocycles. The minimum absolute atomic E-state index is 0.0781. The molecule has 0 spiro atoms. The van der Waals surface area contributed by atoms with Gasteiger partial charge in [-0.05, 0) is 79.7 Å². The van der Waals surface area contributed by atoms with Crippen LogP contribution in [0.15, 0.2) is 42.5 Å². The maximum absolute atomic E-state index is 12.7. The molecule has 3 nitrogen and oxygen atoms in total. The van der Waals surface area contributed by atoms with Crippen LogP contribution in [0.1, 0.15) is 106 Å². The van der Waals surface area contributed by atoms with E-state index >= 15 is 0 Å². The van der Waals surface area contributed by atoms with Crippen molar-refractivity contribution in [3.8, 4) is 11.8 Å². The molecule has 0 saturated heterocycles. The number of ether oxygens (including phenoxy) is 1. The smallest absolute Gasteiger partial charge is 0.314 e. The fourth-order valence-corrected chi connectivity index (χ4v) is 4.89. The summed E-state index contributed by atoms with van der Waals surface area (Å²) in [6, 6.07) is 16.8. The number of carbonyl (C=O) groups is 1. The highest BCUT2D eigenvalue weighted by Crippen LogP contribution is 2.37. The van der Waals surface area contributed by atoms with Crippen LogP contribution in [0, 0.1) is 17.2 Å². The van der Waals surface area contributed by atoms with Crippen molar-refractivity contribution < 1.29 is 9.53 Å². The number of hydrogen-bond acceptors (Lipinski definition) is 3. The van der Waals surface area contributed by atoms with Gasteiger partial charge in [0.25, 0.3) is 0 Å².